The van der Waals surface area contributed by atoms with Crippen LogP contribution in [-0.4, -0.2) is 24.3 Å². The fourth-order valence-electron chi connectivity index (χ4n) is 2.42. The molecule has 0 atom stereocenters. The Balaban J connectivity index is 1.92. The van der Waals surface area contributed by atoms with E-state index < -0.39 is 11.9 Å². The first-order valence-corrected chi connectivity index (χ1v) is 8.78. The van der Waals surface area contributed by atoms with Gasteiger partial charge in [0.25, 0.3) is 0 Å². The van der Waals surface area contributed by atoms with E-state index in [9.17, 15) is 14.4 Å². The van der Waals surface area contributed by atoms with Gasteiger partial charge >= 0.3 is 5.97 Å². The minimum Gasteiger partial charge on any atom is -0.454 e. The number of anilines is 1. The fraction of sp³-hybridized carbons (Fsp3) is 0.273. The first-order chi connectivity index (χ1) is 13.2. The minimum absolute atomic E-state index is 0.00567. The monoisotopic (exact) mass is 378 g/mol. The van der Waals surface area contributed by atoms with Crippen molar-refractivity contribution in [3.8, 4) is 6.07 Å². The van der Waals surface area contributed by atoms with Gasteiger partial charge in [0.15, 0.2) is 12.4 Å². The van der Waals surface area contributed by atoms with Crippen LogP contribution < -0.4 is 5.32 Å². The molecule has 0 fully saturated rings. The zero-order valence-electron chi connectivity index (χ0n) is 16.1. The predicted molar refractivity (Wildman–Crippen MR) is 105 cm³/mol. The highest BCUT2D eigenvalue weighted by atomic mass is 16.5. The number of ether oxygens (including phenoxy) is 1. The lowest BCUT2D eigenvalue weighted by Gasteiger charge is -2.18. The number of rotatable bonds is 6. The molecule has 1 N–H and O–H groups in total. The summed E-state index contributed by atoms with van der Waals surface area (Å²) in [6.07, 6.45) is -0.247. The summed E-state index contributed by atoms with van der Waals surface area (Å²) >= 11 is 0. The molecule has 6 heteroatoms. The molecule has 0 spiro atoms. The van der Waals surface area contributed by atoms with Crippen LogP contribution in [0.3, 0.4) is 0 Å². The molecule has 0 heterocycles. The summed E-state index contributed by atoms with van der Waals surface area (Å²) in [6.45, 7) is 5.91. The van der Waals surface area contributed by atoms with Crippen LogP contribution in [0, 0.1) is 11.3 Å². The Morgan fingerprint density at radius 2 is 1.54 bits per heavy atom. The number of benzene rings is 2. The summed E-state index contributed by atoms with van der Waals surface area (Å²) < 4.78 is 5.08. The van der Waals surface area contributed by atoms with Gasteiger partial charge in [-0.25, -0.2) is 4.79 Å². The summed E-state index contributed by atoms with van der Waals surface area (Å²) in [5, 5.41) is 11.0. The van der Waals surface area contributed by atoms with Crippen molar-refractivity contribution in [1.29, 1.82) is 5.26 Å². The van der Waals surface area contributed by atoms with Gasteiger partial charge in [-0.15, -0.1) is 0 Å². The number of nitriles is 1. The molecular formula is C22H22N2O4. The van der Waals surface area contributed by atoms with E-state index in [-0.39, 0.29) is 29.8 Å². The van der Waals surface area contributed by atoms with Gasteiger partial charge in [0.1, 0.15) is 6.42 Å². The molecule has 2 aromatic rings. The topological polar surface area (TPSA) is 96.3 Å². The SMILES string of the molecule is CC(C)(C)c1ccc(C(=O)COC(=O)c2ccc(NC(=O)CC#N)cc2)cc1. The first kappa shape index (κ1) is 20.8. The van der Waals surface area contributed by atoms with Gasteiger partial charge in [-0.3, -0.25) is 9.59 Å². The molecule has 0 saturated heterocycles. The van der Waals surface area contributed by atoms with Gasteiger partial charge in [-0.2, -0.15) is 5.26 Å². The maximum absolute atomic E-state index is 12.2. The fourth-order valence-corrected chi connectivity index (χ4v) is 2.42. The third kappa shape index (κ3) is 5.78. The highest BCUT2D eigenvalue weighted by Crippen LogP contribution is 2.22. The Labute approximate surface area is 164 Å². The van der Waals surface area contributed by atoms with Crippen molar-refractivity contribution in [2.24, 2.45) is 0 Å². The van der Waals surface area contributed by atoms with E-state index in [1.54, 1.807) is 18.2 Å². The van der Waals surface area contributed by atoms with E-state index in [1.807, 2.05) is 12.1 Å². The van der Waals surface area contributed by atoms with Crippen molar-refractivity contribution in [1.82, 2.24) is 0 Å². The van der Waals surface area contributed by atoms with E-state index in [2.05, 4.69) is 26.1 Å². The Bertz CT molecular complexity index is 902. The molecule has 0 bridgehead atoms. The molecule has 2 rings (SSSR count). The van der Waals surface area contributed by atoms with Crippen LogP contribution in [0.1, 0.15) is 53.5 Å². The van der Waals surface area contributed by atoms with Crippen LogP contribution in [0.15, 0.2) is 48.5 Å². The molecule has 0 aliphatic carbocycles. The zero-order valence-corrected chi connectivity index (χ0v) is 16.1. The average molecular weight is 378 g/mol. The summed E-state index contributed by atoms with van der Waals surface area (Å²) in [7, 11) is 0. The molecule has 0 radical (unpaired) electrons. The van der Waals surface area contributed by atoms with E-state index in [1.165, 1.54) is 24.3 Å². The highest BCUT2D eigenvalue weighted by molar-refractivity contribution is 5.99. The third-order valence-electron chi connectivity index (χ3n) is 4.05. The Morgan fingerprint density at radius 3 is 2.07 bits per heavy atom. The number of nitrogens with one attached hydrogen (secondary N) is 1. The van der Waals surface area contributed by atoms with Crippen molar-refractivity contribution in [3.05, 3.63) is 65.2 Å². The first-order valence-electron chi connectivity index (χ1n) is 8.78. The van der Waals surface area contributed by atoms with Crippen molar-refractivity contribution in [2.75, 3.05) is 11.9 Å². The van der Waals surface area contributed by atoms with E-state index >= 15 is 0 Å². The second-order valence-corrected chi connectivity index (χ2v) is 7.29. The summed E-state index contributed by atoms with van der Waals surface area (Å²) in [6, 6.07) is 15.0. The van der Waals surface area contributed by atoms with Gasteiger partial charge in [-0.1, -0.05) is 45.0 Å². The number of Topliss-reactive ketones (excluding diaryl/α,β-unsaturated/α-hetero) is 1. The lowest BCUT2D eigenvalue weighted by atomic mass is 9.86. The van der Waals surface area contributed by atoms with Crippen molar-refractivity contribution < 1.29 is 19.1 Å². The van der Waals surface area contributed by atoms with Crippen LogP contribution >= 0.6 is 0 Å². The Kier molecular flexibility index (Phi) is 6.67. The van der Waals surface area contributed by atoms with Crippen LogP contribution in [0.4, 0.5) is 5.69 Å². The van der Waals surface area contributed by atoms with Crippen molar-refractivity contribution in [2.45, 2.75) is 32.6 Å². The number of amides is 1. The largest absolute Gasteiger partial charge is 0.454 e. The van der Waals surface area contributed by atoms with E-state index in [4.69, 9.17) is 10.00 Å². The lowest BCUT2D eigenvalue weighted by Crippen LogP contribution is -2.15. The molecule has 6 nitrogen and oxygen atoms in total. The number of nitrogens with zero attached hydrogens (tertiary/aromatic N) is 1. The molecule has 0 unspecified atom stereocenters. The van der Waals surface area contributed by atoms with Crippen LogP contribution in [-0.2, 0) is 14.9 Å². The number of carbonyl (C=O) groups excluding carboxylic acids is 3. The summed E-state index contributed by atoms with van der Waals surface area (Å²) in [5.41, 5.74) is 2.31. The molecule has 0 aromatic heterocycles. The van der Waals surface area contributed by atoms with Gasteiger partial charge < -0.3 is 10.1 Å². The standard InChI is InChI=1S/C22H22N2O4/c1-22(2,3)17-8-4-15(5-9-17)19(25)14-28-21(27)16-6-10-18(11-7-16)24-20(26)12-13-23/h4-11H,12,14H2,1-3H3,(H,24,26). The maximum atomic E-state index is 12.2. The van der Waals surface area contributed by atoms with Crippen LogP contribution in [0.25, 0.3) is 0 Å². The Hall–Kier alpha value is -3.46. The second kappa shape index (κ2) is 8.96. The smallest absolute Gasteiger partial charge is 0.338 e. The third-order valence-corrected chi connectivity index (χ3v) is 4.05. The summed E-state index contributed by atoms with van der Waals surface area (Å²) in [5.74, 6) is -1.34. The number of hydrogen-bond acceptors (Lipinski definition) is 5. The highest BCUT2D eigenvalue weighted by Gasteiger charge is 2.16. The summed E-state index contributed by atoms with van der Waals surface area (Å²) in [4.78, 5) is 35.7. The number of ketones is 1. The lowest BCUT2D eigenvalue weighted by molar-refractivity contribution is -0.115. The van der Waals surface area contributed by atoms with Crippen LogP contribution in [0.5, 0.6) is 0 Å². The molecule has 0 aliphatic rings. The minimum atomic E-state index is -0.630. The van der Waals surface area contributed by atoms with E-state index in [0.717, 1.165) is 5.56 Å². The average Bonchev–Trinajstić information content (AvgIpc) is 2.66. The Morgan fingerprint density at radius 1 is 0.964 bits per heavy atom. The zero-order chi connectivity index (χ0) is 20.7. The van der Waals surface area contributed by atoms with E-state index in [0.29, 0.717) is 11.3 Å². The predicted octanol–water partition coefficient (Wildman–Crippen LogP) is 3.88. The van der Waals surface area contributed by atoms with Gasteiger partial charge in [0.2, 0.25) is 5.91 Å². The molecule has 144 valence electrons. The maximum Gasteiger partial charge on any atom is 0.338 e. The van der Waals surface area contributed by atoms with Crippen molar-refractivity contribution in [3.63, 3.8) is 0 Å². The normalized spacial score (nSPS) is 10.6. The number of carbonyl (C=O) groups is 3. The quantitative estimate of drug-likeness (QED) is 0.608. The molecule has 0 saturated carbocycles. The molecule has 28 heavy (non-hydrogen) atoms. The van der Waals surface area contributed by atoms with Crippen molar-refractivity contribution >= 4 is 23.3 Å². The number of esters is 1. The van der Waals surface area contributed by atoms with Gasteiger partial charge in [0, 0.05) is 11.3 Å². The molecular weight excluding hydrogens is 356 g/mol. The van der Waals surface area contributed by atoms with Gasteiger partial charge in [0.05, 0.1) is 11.6 Å². The van der Waals surface area contributed by atoms with Gasteiger partial charge in [-0.05, 0) is 35.2 Å². The number of hydrogen-bond donors (Lipinski definition) is 1. The van der Waals surface area contributed by atoms with Crippen LogP contribution in [0.2, 0.25) is 0 Å². The second-order valence-electron chi connectivity index (χ2n) is 7.29. The molecule has 1 amide bonds. The molecule has 0 aliphatic heterocycles. The molecule has 2 aromatic carbocycles.